The quantitative estimate of drug-likeness (QED) is 0.620. The van der Waals surface area contributed by atoms with Crippen molar-refractivity contribution in [2.75, 3.05) is 0 Å². The van der Waals surface area contributed by atoms with Crippen LogP contribution in [0.15, 0.2) is 64.2 Å². The largest absolute Gasteiger partial charge is 0.411 e. The number of rotatable bonds is 8. The summed E-state index contributed by atoms with van der Waals surface area (Å²) in [5.74, 6) is -1.06. The standard InChI is InChI=1S/C19H18FN3O4S/c20-16-9-6-15(7-10-16)13-28(25,26)19-23-22-18(27-19)12-21-17(24)11-8-14-4-2-1-3-5-14/h1-7,9-10H,8,11-13H2,(H,21,24). The Bertz CT molecular complexity index is 1030. The third kappa shape index (κ3) is 5.46. The highest BCUT2D eigenvalue weighted by Crippen LogP contribution is 2.15. The summed E-state index contributed by atoms with van der Waals surface area (Å²) in [5, 5.41) is 9.28. The van der Waals surface area contributed by atoms with E-state index in [1.807, 2.05) is 30.3 Å². The Balaban J connectivity index is 1.53. The van der Waals surface area contributed by atoms with Crippen LogP contribution in [0, 0.1) is 5.82 Å². The van der Waals surface area contributed by atoms with E-state index in [2.05, 4.69) is 15.5 Å². The molecule has 9 heteroatoms. The third-order valence-corrected chi connectivity index (χ3v) is 5.32. The van der Waals surface area contributed by atoms with Gasteiger partial charge in [-0.15, -0.1) is 5.10 Å². The Kier molecular flexibility index (Phi) is 6.15. The molecule has 0 aliphatic carbocycles. The van der Waals surface area contributed by atoms with Crippen LogP contribution in [0.2, 0.25) is 0 Å². The van der Waals surface area contributed by atoms with Crippen LogP contribution >= 0.6 is 0 Å². The molecule has 28 heavy (non-hydrogen) atoms. The number of amides is 1. The zero-order valence-corrected chi connectivity index (χ0v) is 15.7. The number of aromatic nitrogens is 2. The van der Waals surface area contributed by atoms with Gasteiger partial charge < -0.3 is 9.73 Å². The minimum Gasteiger partial charge on any atom is -0.411 e. The number of carbonyl (C=O) groups is 1. The topological polar surface area (TPSA) is 102 Å². The van der Waals surface area contributed by atoms with E-state index in [9.17, 15) is 17.6 Å². The zero-order chi connectivity index (χ0) is 20.0. The molecule has 0 bridgehead atoms. The van der Waals surface area contributed by atoms with Gasteiger partial charge in [0.25, 0.3) is 0 Å². The Morgan fingerprint density at radius 2 is 1.71 bits per heavy atom. The Labute approximate surface area is 161 Å². The molecule has 0 fully saturated rings. The predicted molar refractivity (Wildman–Crippen MR) is 98.2 cm³/mol. The summed E-state index contributed by atoms with van der Waals surface area (Å²) in [5.41, 5.74) is 1.44. The second kappa shape index (κ2) is 8.75. The number of nitrogens with zero attached hydrogens (tertiary/aromatic N) is 2. The van der Waals surface area contributed by atoms with E-state index >= 15 is 0 Å². The fourth-order valence-corrected chi connectivity index (χ4v) is 3.61. The maximum Gasteiger partial charge on any atom is 0.335 e. The molecule has 7 nitrogen and oxygen atoms in total. The molecule has 146 valence electrons. The van der Waals surface area contributed by atoms with Gasteiger partial charge in [0.15, 0.2) is 0 Å². The van der Waals surface area contributed by atoms with Crippen LogP contribution in [0.5, 0.6) is 0 Å². The normalized spacial score (nSPS) is 11.3. The zero-order valence-electron chi connectivity index (χ0n) is 14.8. The molecule has 0 saturated heterocycles. The van der Waals surface area contributed by atoms with E-state index in [4.69, 9.17) is 4.42 Å². The second-order valence-corrected chi connectivity index (χ2v) is 7.98. The predicted octanol–water partition coefficient (Wildman–Crippen LogP) is 2.43. The van der Waals surface area contributed by atoms with E-state index in [-0.39, 0.29) is 24.8 Å². The Morgan fingerprint density at radius 3 is 2.43 bits per heavy atom. The molecule has 0 radical (unpaired) electrons. The summed E-state index contributed by atoms with van der Waals surface area (Å²) in [6.45, 7) is -0.0628. The SMILES string of the molecule is O=C(CCc1ccccc1)NCc1nnc(S(=O)(=O)Cc2ccc(F)cc2)o1. The lowest BCUT2D eigenvalue weighted by atomic mass is 10.1. The molecular formula is C19H18FN3O4S. The van der Waals surface area contributed by atoms with Crippen molar-refractivity contribution in [3.05, 3.63) is 77.4 Å². The van der Waals surface area contributed by atoms with Crippen LogP contribution < -0.4 is 5.32 Å². The first kappa shape index (κ1) is 19.7. The van der Waals surface area contributed by atoms with Gasteiger partial charge in [-0.1, -0.05) is 47.6 Å². The van der Waals surface area contributed by atoms with Gasteiger partial charge in [-0.25, -0.2) is 12.8 Å². The van der Waals surface area contributed by atoms with Crippen molar-refractivity contribution in [2.45, 2.75) is 30.4 Å². The first-order valence-electron chi connectivity index (χ1n) is 8.52. The average Bonchev–Trinajstić information content (AvgIpc) is 3.17. The molecule has 0 unspecified atom stereocenters. The van der Waals surface area contributed by atoms with Crippen LogP contribution in [0.1, 0.15) is 23.4 Å². The molecule has 1 aromatic heterocycles. The maximum atomic E-state index is 12.9. The molecule has 1 heterocycles. The van der Waals surface area contributed by atoms with Crippen LogP contribution in [-0.4, -0.2) is 24.5 Å². The smallest absolute Gasteiger partial charge is 0.335 e. The summed E-state index contributed by atoms with van der Waals surface area (Å²) in [7, 11) is -3.87. The third-order valence-electron chi connectivity index (χ3n) is 3.90. The number of nitrogens with one attached hydrogen (secondary N) is 1. The minimum absolute atomic E-state index is 0.00857. The van der Waals surface area contributed by atoms with Gasteiger partial charge in [0.1, 0.15) is 5.82 Å². The van der Waals surface area contributed by atoms with Gasteiger partial charge in [-0.2, -0.15) is 0 Å². The molecule has 1 N–H and O–H groups in total. The van der Waals surface area contributed by atoms with Gasteiger partial charge in [-0.05, 0) is 29.7 Å². The van der Waals surface area contributed by atoms with Gasteiger partial charge in [0.2, 0.25) is 21.6 Å². The fourth-order valence-electron chi connectivity index (χ4n) is 2.46. The second-order valence-electron chi connectivity index (χ2n) is 6.11. The number of hydrogen-bond donors (Lipinski definition) is 1. The Hall–Kier alpha value is -3.07. The lowest BCUT2D eigenvalue weighted by Gasteiger charge is -2.03. The molecule has 0 aliphatic rings. The van der Waals surface area contributed by atoms with E-state index in [1.54, 1.807) is 0 Å². The van der Waals surface area contributed by atoms with Gasteiger partial charge >= 0.3 is 5.22 Å². The molecule has 0 spiro atoms. The highest BCUT2D eigenvalue weighted by Gasteiger charge is 2.23. The van der Waals surface area contributed by atoms with E-state index in [1.165, 1.54) is 24.3 Å². The number of benzene rings is 2. The average molecular weight is 403 g/mol. The van der Waals surface area contributed by atoms with Gasteiger partial charge in [-0.3, -0.25) is 4.79 Å². The first-order valence-corrected chi connectivity index (χ1v) is 10.2. The molecule has 3 rings (SSSR count). The molecule has 0 atom stereocenters. The summed E-state index contributed by atoms with van der Waals surface area (Å²) in [4.78, 5) is 11.9. The van der Waals surface area contributed by atoms with Crippen molar-refractivity contribution in [3.63, 3.8) is 0 Å². The van der Waals surface area contributed by atoms with Crippen molar-refractivity contribution in [1.29, 1.82) is 0 Å². The number of sulfone groups is 1. The summed E-state index contributed by atoms with van der Waals surface area (Å²) < 4.78 is 42.7. The van der Waals surface area contributed by atoms with Gasteiger partial charge in [0, 0.05) is 6.42 Å². The van der Waals surface area contributed by atoms with Crippen LogP contribution in [0.3, 0.4) is 0 Å². The van der Waals surface area contributed by atoms with Crippen LogP contribution in [0.25, 0.3) is 0 Å². The fraction of sp³-hybridized carbons (Fsp3) is 0.211. The molecule has 0 aliphatic heterocycles. The maximum absolute atomic E-state index is 12.9. The van der Waals surface area contributed by atoms with Crippen LogP contribution in [0.4, 0.5) is 4.39 Å². The lowest BCUT2D eigenvalue weighted by molar-refractivity contribution is -0.121. The number of carbonyl (C=O) groups excluding carboxylic acids is 1. The van der Waals surface area contributed by atoms with Crippen molar-refractivity contribution in [3.8, 4) is 0 Å². The molecule has 3 aromatic rings. The van der Waals surface area contributed by atoms with E-state index in [0.717, 1.165) is 5.56 Å². The van der Waals surface area contributed by atoms with E-state index in [0.29, 0.717) is 12.0 Å². The molecule has 0 saturated carbocycles. The van der Waals surface area contributed by atoms with Gasteiger partial charge in [0.05, 0.1) is 12.3 Å². The Morgan fingerprint density at radius 1 is 1.00 bits per heavy atom. The monoisotopic (exact) mass is 403 g/mol. The summed E-state index contributed by atoms with van der Waals surface area (Å²) >= 11 is 0. The van der Waals surface area contributed by atoms with Crippen molar-refractivity contribution in [1.82, 2.24) is 15.5 Å². The van der Waals surface area contributed by atoms with Crippen molar-refractivity contribution >= 4 is 15.7 Å². The van der Waals surface area contributed by atoms with Crippen molar-refractivity contribution in [2.24, 2.45) is 0 Å². The number of aryl methyl sites for hydroxylation is 1. The molecular weight excluding hydrogens is 385 g/mol. The van der Waals surface area contributed by atoms with Crippen LogP contribution in [-0.2, 0) is 33.4 Å². The van der Waals surface area contributed by atoms with E-state index < -0.39 is 26.6 Å². The highest BCUT2D eigenvalue weighted by molar-refractivity contribution is 7.90. The summed E-state index contributed by atoms with van der Waals surface area (Å²) in [6.07, 6.45) is 0.877. The molecule has 1 amide bonds. The first-order chi connectivity index (χ1) is 13.4. The number of halogens is 1. The molecule has 2 aromatic carbocycles. The highest BCUT2D eigenvalue weighted by atomic mass is 32.2. The lowest BCUT2D eigenvalue weighted by Crippen LogP contribution is -2.23. The minimum atomic E-state index is -3.87. The number of hydrogen-bond acceptors (Lipinski definition) is 6. The van der Waals surface area contributed by atoms with Crippen molar-refractivity contribution < 1.29 is 22.0 Å². The summed E-state index contributed by atoms with van der Waals surface area (Å²) in [6, 6.07) is 14.7.